The first-order valence-corrected chi connectivity index (χ1v) is 19.8. The third-order valence-corrected chi connectivity index (χ3v) is 10.1. The fraction of sp³-hybridized carbons (Fsp3) is 0.643. The number of esters is 2. The van der Waals surface area contributed by atoms with Crippen LogP contribution in [-0.4, -0.2) is 108 Å². The zero-order valence-electron chi connectivity index (χ0n) is 35.2. The van der Waals surface area contributed by atoms with E-state index in [0.717, 1.165) is 5.56 Å². The van der Waals surface area contributed by atoms with Gasteiger partial charge in [0.2, 0.25) is 23.6 Å². The number of hydrogen-bond donors (Lipinski definition) is 3. The molecule has 1 unspecified atom stereocenters. The number of rotatable bonds is 7. The maximum absolute atomic E-state index is 14.1. The van der Waals surface area contributed by atoms with E-state index in [1.807, 2.05) is 52.8 Å². The van der Waals surface area contributed by atoms with Gasteiger partial charge in [-0.15, -0.1) is 0 Å². The lowest BCUT2D eigenvalue weighted by Gasteiger charge is -2.33. The van der Waals surface area contributed by atoms with Crippen molar-refractivity contribution in [3.8, 4) is 0 Å². The number of ether oxygens (including phenoxy) is 2. The van der Waals surface area contributed by atoms with Crippen LogP contribution in [0.25, 0.3) is 0 Å². The van der Waals surface area contributed by atoms with Gasteiger partial charge in [0.25, 0.3) is 5.91 Å². The van der Waals surface area contributed by atoms with Crippen LogP contribution < -0.4 is 16.0 Å². The molecule has 1 aliphatic heterocycles. The SMILES string of the molecule is CCC(C)[C@@H]1NC(=O)CN(C)C(=O)[C@@H](Cc2ccccc2)N(C)C(=O)[C@H](C)NC(=O)[C@@H](CC(C)C)OC(=O)/C(C)=C/CCC[C@@H](C(C)C)OC(=O)[C@@H](C)NC1=O. The quantitative estimate of drug-likeness (QED) is 0.348. The van der Waals surface area contributed by atoms with Crippen LogP contribution in [0.15, 0.2) is 42.0 Å². The van der Waals surface area contributed by atoms with Gasteiger partial charge in [-0.2, -0.15) is 0 Å². The monoisotopic (exact) mass is 783 g/mol. The van der Waals surface area contributed by atoms with Crippen LogP contribution in [0.2, 0.25) is 0 Å². The van der Waals surface area contributed by atoms with E-state index in [4.69, 9.17) is 9.47 Å². The summed E-state index contributed by atoms with van der Waals surface area (Å²) in [6, 6.07) is 4.86. The van der Waals surface area contributed by atoms with Crippen molar-refractivity contribution in [3.05, 3.63) is 47.5 Å². The summed E-state index contributed by atoms with van der Waals surface area (Å²) < 4.78 is 11.5. The molecule has 14 heteroatoms. The maximum atomic E-state index is 14.1. The summed E-state index contributed by atoms with van der Waals surface area (Å²) in [5.41, 5.74) is 1.06. The molecule has 312 valence electrons. The largest absolute Gasteiger partial charge is 0.461 e. The van der Waals surface area contributed by atoms with E-state index in [0.29, 0.717) is 31.3 Å². The number of cyclic esters (lactones) is 2. The van der Waals surface area contributed by atoms with E-state index in [-0.39, 0.29) is 30.6 Å². The van der Waals surface area contributed by atoms with E-state index in [9.17, 15) is 33.6 Å². The topological polar surface area (TPSA) is 181 Å². The molecule has 0 spiro atoms. The Kier molecular flexibility index (Phi) is 19.2. The Morgan fingerprint density at radius 2 is 1.45 bits per heavy atom. The van der Waals surface area contributed by atoms with E-state index < -0.39 is 84.4 Å². The maximum Gasteiger partial charge on any atom is 0.334 e. The molecule has 1 aliphatic rings. The highest BCUT2D eigenvalue weighted by molar-refractivity contribution is 5.96. The second-order valence-corrected chi connectivity index (χ2v) is 15.8. The van der Waals surface area contributed by atoms with Crippen molar-refractivity contribution < 1.29 is 43.0 Å². The van der Waals surface area contributed by atoms with Crippen molar-refractivity contribution in [3.63, 3.8) is 0 Å². The Bertz CT molecular complexity index is 1550. The fourth-order valence-corrected chi connectivity index (χ4v) is 6.24. The summed E-state index contributed by atoms with van der Waals surface area (Å²) in [6.45, 7) is 15.5. The minimum atomic E-state index is -1.18. The Hall–Kier alpha value is -4.75. The van der Waals surface area contributed by atoms with Crippen molar-refractivity contribution in [2.45, 2.75) is 137 Å². The Labute approximate surface area is 332 Å². The molecule has 0 saturated heterocycles. The van der Waals surface area contributed by atoms with Gasteiger partial charge < -0.3 is 35.2 Å². The number of likely N-dealkylation sites (N-methyl/N-ethyl adjacent to an activating group) is 2. The molecule has 14 nitrogen and oxygen atoms in total. The zero-order valence-corrected chi connectivity index (χ0v) is 35.2. The third-order valence-electron chi connectivity index (χ3n) is 10.1. The molecule has 0 fully saturated rings. The Morgan fingerprint density at radius 3 is 2.04 bits per heavy atom. The predicted molar refractivity (Wildman–Crippen MR) is 213 cm³/mol. The number of amides is 5. The Morgan fingerprint density at radius 1 is 0.821 bits per heavy atom. The van der Waals surface area contributed by atoms with Gasteiger partial charge in [0.1, 0.15) is 30.3 Å². The van der Waals surface area contributed by atoms with Crippen LogP contribution >= 0.6 is 0 Å². The number of nitrogens with one attached hydrogen (secondary N) is 3. The van der Waals surface area contributed by atoms with Crippen LogP contribution in [0.3, 0.4) is 0 Å². The first-order valence-electron chi connectivity index (χ1n) is 19.8. The normalized spacial score (nSPS) is 26.8. The average molecular weight is 784 g/mol. The van der Waals surface area contributed by atoms with Crippen molar-refractivity contribution in [1.29, 1.82) is 0 Å². The van der Waals surface area contributed by atoms with Crippen LogP contribution in [0.5, 0.6) is 0 Å². The number of allylic oxidation sites excluding steroid dienone is 1. The van der Waals surface area contributed by atoms with Gasteiger partial charge in [-0.05, 0) is 69.8 Å². The van der Waals surface area contributed by atoms with Crippen molar-refractivity contribution in [1.82, 2.24) is 25.8 Å². The molecular weight excluding hydrogens is 718 g/mol. The van der Waals surface area contributed by atoms with Crippen LogP contribution in [0.4, 0.5) is 0 Å². The summed E-state index contributed by atoms with van der Waals surface area (Å²) in [4.78, 5) is 97.3. The average Bonchev–Trinajstić information content (AvgIpc) is 3.14. The summed E-state index contributed by atoms with van der Waals surface area (Å²) in [6.07, 6.45) is 2.47. The van der Waals surface area contributed by atoms with E-state index in [1.165, 1.54) is 37.7 Å². The molecule has 3 N–H and O–H groups in total. The summed E-state index contributed by atoms with van der Waals surface area (Å²) in [7, 11) is 2.89. The van der Waals surface area contributed by atoms with Crippen LogP contribution in [-0.2, 0) is 49.5 Å². The first kappa shape index (κ1) is 47.4. The summed E-state index contributed by atoms with van der Waals surface area (Å²) in [5.74, 6) is -4.62. The van der Waals surface area contributed by atoms with Gasteiger partial charge in [0.15, 0.2) is 6.10 Å². The van der Waals surface area contributed by atoms with Gasteiger partial charge >= 0.3 is 11.9 Å². The molecule has 1 heterocycles. The smallest absolute Gasteiger partial charge is 0.334 e. The van der Waals surface area contributed by atoms with Gasteiger partial charge in [-0.1, -0.05) is 84.4 Å². The molecule has 1 aromatic rings. The molecule has 0 saturated carbocycles. The molecule has 0 aromatic heterocycles. The van der Waals surface area contributed by atoms with Gasteiger partial charge in [0, 0.05) is 26.1 Å². The fourth-order valence-electron chi connectivity index (χ4n) is 6.24. The predicted octanol–water partition coefficient (Wildman–Crippen LogP) is 3.71. The number of carbonyl (C=O) groups is 7. The highest BCUT2D eigenvalue weighted by Crippen LogP contribution is 2.19. The highest BCUT2D eigenvalue weighted by atomic mass is 16.6. The molecule has 56 heavy (non-hydrogen) atoms. The Balaban J connectivity index is 2.53. The highest BCUT2D eigenvalue weighted by Gasteiger charge is 2.36. The second-order valence-electron chi connectivity index (χ2n) is 15.8. The lowest BCUT2D eigenvalue weighted by atomic mass is 9.98. The minimum absolute atomic E-state index is 0.0235. The second kappa shape index (κ2) is 22.7. The summed E-state index contributed by atoms with van der Waals surface area (Å²) >= 11 is 0. The molecule has 0 bridgehead atoms. The standard InChI is InChI=1S/C42H65N5O9/c1-12-27(6)36-38(50)44-30(9)42(54)55-33(26(4)5)21-17-16-18-28(7)41(53)56-34(22-25(2)3)37(49)43-29(8)39(51)47(11)32(23-31-19-14-13-15-20-31)40(52)46(10)24-35(48)45-36/h13-15,18-20,25-27,29-30,32-34,36H,12,16-17,21-24H2,1-11H3,(H,43,49)(H,44,50)(H,45,48)/b28-18+/t27?,29-,30+,32+,33-,34+,36-/m0/s1. The van der Waals surface area contributed by atoms with Crippen LogP contribution in [0, 0.1) is 17.8 Å². The molecule has 2 rings (SSSR count). The van der Waals surface area contributed by atoms with Gasteiger partial charge in [0.05, 0.1) is 6.54 Å². The van der Waals surface area contributed by atoms with Gasteiger partial charge in [-0.3, -0.25) is 24.0 Å². The lowest BCUT2D eigenvalue weighted by Crippen LogP contribution is -2.57. The molecule has 7 atom stereocenters. The molecule has 1 aromatic carbocycles. The molecular formula is C42H65N5O9. The first-order chi connectivity index (χ1) is 26.3. The van der Waals surface area contributed by atoms with Crippen molar-refractivity contribution in [2.24, 2.45) is 17.8 Å². The van der Waals surface area contributed by atoms with E-state index in [1.54, 1.807) is 32.1 Å². The van der Waals surface area contributed by atoms with E-state index in [2.05, 4.69) is 16.0 Å². The molecule has 0 radical (unpaired) electrons. The number of hydrogen-bond acceptors (Lipinski definition) is 9. The van der Waals surface area contributed by atoms with Crippen molar-refractivity contribution >= 4 is 41.5 Å². The molecule has 5 amide bonds. The molecule has 0 aliphatic carbocycles. The zero-order chi connectivity index (χ0) is 42.3. The number of carbonyl (C=O) groups excluding carboxylic acids is 7. The minimum Gasteiger partial charge on any atom is -0.461 e. The number of benzene rings is 1. The summed E-state index contributed by atoms with van der Waals surface area (Å²) in [5, 5.41) is 8.12. The van der Waals surface area contributed by atoms with Gasteiger partial charge in [-0.25, -0.2) is 9.59 Å². The van der Waals surface area contributed by atoms with Crippen molar-refractivity contribution in [2.75, 3.05) is 20.6 Å². The third kappa shape index (κ3) is 14.7. The van der Waals surface area contributed by atoms with Crippen LogP contribution in [0.1, 0.15) is 100.0 Å². The number of nitrogens with zero attached hydrogens (tertiary/aromatic N) is 2. The lowest BCUT2D eigenvalue weighted by molar-refractivity contribution is -0.155. The van der Waals surface area contributed by atoms with E-state index >= 15 is 0 Å².